The Morgan fingerprint density at radius 2 is 1.75 bits per heavy atom. The zero-order valence-corrected chi connectivity index (χ0v) is 9.18. The van der Waals surface area contributed by atoms with Gasteiger partial charge in [0.2, 0.25) is 0 Å². The molecule has 1 unspecified atom stereocenters. The molecule has 4 N–H and O–H groups in total. The van der Waals surface area contributed by atoms with E-state index in [9.17, 15) is 13.2 Å². The summed E-state index contributed by atoms with van der Waals surface area (Å²) in [6.07, 6.45) is -4.35. The standard InChI is InChI=1S/C11H15F3N2/c1-10(2,16)9(15)7-4-3-5-8(6-7)11(12,13)14/h3-6,9H,15-16H2,1-2H3. The van der Waals surface area contributed by atoms with Crippen molar-refractivity contribution in [3.63, 3.8) is 0 Å². The average molecular weight is 232 g/mol. The number of halogens is 3. The molecule has 0 radical (unpaired) electrons. The molecule has 0 heterocycles. The number of alkyl halides is 3. The van der Waals surface area contributed by atoms with Gasteiger partial charge in [-0.3, -0.25) is 0 Å². The Bertz CT molecular complexity index is 366. The highest BCUT2D eigenvalue weighted by molar-refractivity contribution is 5.29. The van der Waals surface area contributed by atoms with Crippen LogP contribution in [0.5, 0.6) is 0 Å². The van der Waals surface area contributed by atoms with E-state index >= 15 is 0 Å². The van der Waals surface area contributed by atoms with Crippen LogP contribution in [0.15, 0.2) is 24.3 Å². The van der Waals surface area contributed by atoms with E-state index in [4.69, 9.17) is 11.5 Å². The lowest BCUT2D eigenvalue weighted by molar-refractivity contribution is -0.137. The van der Waals surface area contributed by atoms with E-state index in [0.29, 0.717) is 5.56 Å². The van der Waals surface area contributed by atoms with Crippen molar-refractivity contribution < 1.29 is 13.2 Å². The van der Waals surface area contributed by atoms with Gasteiger partial charge in [0, 0.05) is 11.6 Å². The van der Waals surface area contributed by atoms with Crippen LogP contribution in [0.25, 0.3) is 0 Å². The fraction of sp³-hybridized carbons (Fsp3) is 0.455. The largest absolute Gasteiger partial charge is 0.416 e. The molecule has 2 nitrogen and oxygen atoms in total. The summed E-state index contributed by atoms with van der Waals surface area (Å²) in [6.45, 7) is 3.36. The molecule has 1 aromatic carbocycles. The molecule has 5 heteroatoms. The van der Waals surface area contributed by atoms with Gasteiger partial charge < -0.3 is 11.5 Å². The zero-order valence-electron chi connectivity index (χ0n) is 9.18. The van der Waals surface area contributed by atoms with Gasteiger partial charge in [-0.15, -0.1) is 0 Å². The number of nitrogens with two attached hydrogens (primary N) is 2. The molecule has 0 saturated heterocycles. The first kappa shape index (κ1) is 13.0. The van der Waals surface area contributed by atoms with E-state index in [1.54, 1.807) is 19.9 Å². The molecule has 0 fully saturated rings. The van der Waals surface area contributed by atoms with E-state index in [1.807, 2.05) is 0 Å². The molecule has 0 aliphatic heterocycles. The van der Waals surface area contributed by atoms with Gasteiger partial charge in [0.1, 0.15) is 0 Å². The van der Waals surface area contributed by atoms with Crippen LogP contribution in [0.2, 0.25) is 0 Å². The van der Waals surface area contributed by atoms with Crippen molar-refractivity contribution in [2.75, 3.05) is 0 Å². The highest BCUT2D eigenvalue weighted by Crippen LogP contribution is 2.31. The predicted molar refractivity (Wildman–Crippen MR) is 56.6 cm³/mol. The monoisotopic (exact) mass is 232 g/mol. The maximum Gasteiger partial charge on any atom is 0.416 e. The quantitative estimate of drug-likeness (QED) is 0.822. The summed E-state index contributed by atoms with van der Waals surface area (Å²) in [5.41, 5.74) is 10.5. The summed E-state index contributed by atoms with van der Waals surface area (Å²) >= 11 is 0. The highest BCUT2D eigenvalue weighted by Gasteiger charge is 2.32. The molecule has 0 aliphatic carbocycles. The molecule has 0 aliphatic rings. The van der Waals surface area contributed by atoms with Crippen molar-refractivity contribution in [3.05, 3.63) is 35.4 Å². The Morgan fingerprint density at radius 3 is 2.19 bits per heavy atom. The van der Waals surface area contributed by atoms with Gasteiger partial charge in [0.25, 0.3) is 0 Å². The number of benzene rings is 1. The topological polar surface area (TPSA) is 52.0 Å². The lowest BCUT2D eigenvalue weighted by atomic mass is 9.90. The second-order valence-electron chi connectivity index (χ2n) is 4.42. The van der Waals surface area contributed by atoms with E-state index in [2.05, 4.69) is 0 Å². The van der Waals surface area contributed by atoms with Crippen LogP contribution in [-0.2, 0) is 6.18 Å². The molecule has 1 aromatic rings. The Balaban J connectivity index is 3.09. The molecular weight excluding hydrogens is 217 g/mol. The normalized spacial score (nSPS) is 14.9. The van der Waals surface area contributed by atoms with Crippen molar-refractivity contribution >= 4 is 0 Å². The summed E-state index contributed by atoms with van der Waals surface area (Å²) in [5.74, 6) is 0. The van der Waals surface area contributed by atoms with Crippen LogP contribution in [0.4, 0.5) is 13.2 Å². The van der Waals surface area contributed by atoms with Gasteiger partial charge in [-0.2, -0.15) is 13.2 Å². The maximum atomic E-state index is 12.5. The first-order valence-corrected chi connectivity index (χ1v) is 4.84. The van der Waals surface area contributed by atoms with E-state index in [0.717, 1.165) is 12.1 Å². The first-order chi connectivity index (χ1) is 7.12. The van der Waals surface area contributed by atoms with Crippen molar-refractivity contribution in [2.45, 2.75) is 31.6 Å². The zero-order chi connectivity index (χ0) is 12.6. The Kier molecular flexibility index (Phi) is 3.30. The van der Waals surface area contributed by atoms with Gasteiger partial charge in [0.05, 0.1) is 5.56 Å². The van der Waals surface area contributed by atoms with Gasteiger partial charge in [-0.05, 0) is 31.5 Å². The van der Waals surface area contributed by atoms with Crippen LogP contribution in [0.3, 0.4) is 0 Å². The van der Waals surface area contributed by atoms with Crippen molar-refractivity contribution in [2.24, 2.45) is 11.5 Å². The summed E-state index contributed by atoms with van der Waals surface area (Å²) in [6, 6.07) is 4.31. The fourth-order valence-corrected chi connectivity index (χ4v) is 1.34. The number of rotatable bonds is 2. The SMILES string of the molecule is CC(C)(N)C(N)c1cccc(C(F)(F)F)c1. The minimum absolute atomic E-state index is 0.391. The van der Waals surface area contributed by atoms with Crippen LogP contribution >= 0.6 is 0 Å². The van der Waals surface area contributed by atoms with Gasteiger partial charge in [-0.25, -0.2) is 0 Å². The van der Waals surface area contributed by atoms with Crippen molar-refractivity contribution in [3.8, 4) is 0 Å². The minimum atomic E-state index is -4.35. The Labute approximate surface area is 92.4 Å². The van der Waals surface area contributed by atoms with Gasteiger partial charge in [0.15, 0.2) is 0 Å². The molecule has 0 amide bonds. The second kappa shape index (κ2) is 4.07. The maximum absolute atomic E-state index is 12.5. The van der Waals surface area contributed by atoms with Crippen LogP contribution in [-0.4, -0.2) is 5.54 Å². The minimum Gasteiger partial charge on any atom is -0.324 e. The average Bonchev–Trinajstić information content (AvgIpc) is 2.14. The molecule has 90 valence electrons. The lowest BCUT2D eigenvalue weighted by Gasteiger charge is -2.27. The molecule has 0 saturated carbocycles. The second-order valence-corrected chi connectivity index (χ2v) is 4.42. The van der Waals surface area contributed by atoms with Crippen molar-refractivity contribution in [1.29, 1.82) is 0 Å². The Morgan fingerprint density at radius 1 is 1.19 bits per heavy atom. The molecule has 0 aromatic heterocycles. The van der Waals surface area contributed by atoms with E-state index in [1.165, 1.54) is 6.07 Å². The molecular formula is C11H15F3N2. The number of hydrogen-bond donors (Lipinski definition) is 2. The molecule has 0 spiro atoms. The van der Waals surface area contributed by atoms with Crippen LogP contribution < -0.4 is 11.5 Å². The summed E-state index contributed by atoms with van der Waals surface area (Å²) in [7, 11) is 0. The Hall–Kier alpha value is -1.07. The summed E-state index contributed by atoms with van der Waals surface area (Å²) in [4.78, 5) is 0. The predicted octanol–water partition coefficient (Wildman–Crippen LogP) is 2.44. The van der Waals surface area contributed by atoms with Crippen LogP contribution in [0, 0.1) is 0 Å². The molecule has 16 heavy (non-hydrogen) atoms. The van der Waals surface area contributed by atoms with E-state index < -0.39 is 23.3 Å². The third-order valence-corrected chi connectivity index (χ3v) is 2.37. The first-order valence-electron chi connectivity index (χ1n) is 4.84. The number of hydrogen-bond acceptors (Lipinski definition) is 2. The van der Waals surface area contributed by atoms with E-state index in [-0.39, 0.29) is 0 Å². The third-order valence-electron chi connectivity index (χ3n) is 2.37. The fourth-order valence-electron chi connectivity index (χ4n) is 1.34. The summed E-state index contributed by atoms with van der Waals surface area (Å²) < 4.78 is 37.4. The smallest absolute Gasteiger partial charge is 0.324 e. The molecule has 1 atom stereocenters. The van der Waals surface area contributed by atoms with Gasteiger partial charge >= 0.3 is 6.18 Å². The third kappa shape index (κ3) is 2.96. The molecule has 1 rings (SSSR count). The van der Waals surface area contributed by atoms with Crippen LogP contribution in [0.1, 0.15) is 31.0 Å². The van der Waals surface area contributed by atoms with Gasteiger partial charge in [-0.1, -0.05) is 12.1 Å². The summed E-state index contributed by atoms with van der Waals surface area (Å²) in [5, 5.41) is 0. The highest BCUT2D eigenvalue weighted by atomic mass is 19.4. The lowest BCUT2D eigenvalue weighted by Crippen LogP contribution is -2.43. The van der Waals surface area contributed by atoms with Crippen molar-refractivity contribution in [1.82, 2.24) is 0 Å². The molecule has 0 bridgehead atoms.